The molecule has 0 spiro atoms. The first-order chi connectivity index (χ1) is 24.1. The van der Waals surface area contributed by atoms with E-state index in [0.29, 0.717) is 0 Å². The van der Waals surface area contributed by atoms with Gasteiger partial charge in [0.1, 0.15) is 5.78 Å². The van der Waals surface area contributed by atoms with Gasteiger partial charge in [-0.1, -0.05) is 101 Å². The van der Waals surface area contributed by atoms with Crippen LogP contribution in [0.25, 0.3) is 0 Å². The number of hydrogen-bond acceptors (Lipinski definition) is 7. The van der Waals surface area contributed by atoms with Crippen LogP contribution in [-0.4, -0.2) is 59.0 Å². The van der Waals surface area contributed by atoms with Crippen LogP contribution >= 0.6 is 11.3 Å². The van der Waals surface area contributed by atoms with Gasteiger partial charge < -0.3 is 18.4 Å². The molecule has 7 nitrogen and oxygen atoms in total. The van der Waals surface area contributed by atoms with Gasteiger partial charge in [-0.05, 0) is 99.8 Å². The number of thiazole rings is 1. The van der Waals surface area contributed by atoms with Gasteiger partial charge in [-0.2, -0.15) is 0 Å². The van der Waals surface area contributed by atoms with Crippen LogP contribution in [0.15, 0.2) is 30.5 Å². The maximum Gasteiger partial charge on any atom is 0.305 e. The monoisotopic (exact) mass is 824 g/mol. The van der Waals surface area contributed by atoms with Crippen LogP contribution < -0.4 is 0 Å². The molecule has 0 saturated heterocycles. The van der Waals surface area contributed by atoms with E-state index in [4.69, 9.17) is 13.3 Å². The summed E-state index contributed by atoms with van der Waals surface area (Å²) in [6, 6.07) is 0. The summed E-state index contributed by atoms with van der Waals surface area (Å²) in [5.74, 6) is -1.60. The van der Waals surface area contributed by atoms with Gasteiger partial charge in [-0.15, -0.1) is 17.9 Å². The number of Topliss-reactive ketones (excluding diaryl/α,β-unsaturated/α-hetero) is 1. The van der Waals surface area contributed by atoms with E-state index in [1.54, 1.807) is 17.4 Å². The fraction of sp³-hybridized carbons (Fsp3) is 0.791. The number of rotatable bonds is 21. The zero-order valence-corrected chi connectivity index (χ0v) is 42.0. The minimum absolute atomic E-state index is 0.0124. The average Bonchev–Trinajstić information content (AvgIpc) is 3.42. The first-order valence-corrected chi connectivity index (χ1v) is 29.7. The van der Waals surface area contributed by atoms with Crippen molar-refractivity contribution in [2.24, 2.45) is 17.3 Å². The van der Waals surface area contributed by atoms with E-state index in [0.717, 1.165) is 30.7 Å². The third-order valence-corrected chi connectivity index (χ3v) is 27.3. The molecule has 0 aromatic carbocycles. The molecular weight excluding hydrogens is 743 g/mol. The molecule has 1 rings (SSSR count). The molecule has 0 amide bonds. The molecule has 0 radical (unpaired) electrons. The minimum Gasteiger partial charge on any atom is -0.481 e. The number of carboxylic acids is 1. The summed E-state index contributed by atoms with van der Waals surface area (Å²) in [6.45, 7) is 47.5. The van der Waals surface area contributed by atoms with E-state index in [2.05, 4.69) is 133 Å². The molecule has 0 aliphatic carbocycles. The number of carboxylic acid groups (broad SMARTS) is 1. The van der Waals surface area contributed by atoms with Gasteiger partial charge >= 0.3 is 5.97 Å². The Hall–Kier alpha value is -1.22. The van der Waals surface area contributed by atoms with Gasteiger partial charge in [-0.3, -0.25) is 9.59 Å². The molecule has 5 atom stereocenters. The van der Waals surface area contributed by atoms with Crippen molar-refractivity contribution in [1.82, 2.24) is 4.98 Å². The fourth-order valence-electron chi connectivity index (χ4n) is 5.73. The smallest absolute Gasteiger partial charge is 0.305 e. The van der Waals surface area contributed by atoms with Crippen LogP contribution in [0.5, 0.6) is 0 Å². The molecular formula is C43H81NO6SSi3. The van der Waals surface area contributed by atoms with Crippen molar-refractivity contribution >= 4 is 48.0 Å². The molecule has 1 N–H and O–H groups in total. The average molecular weight is 824 g/mol. The lowest BCUT2D eigenvalue weighted by Crippen LogP contribution is -2.54. The van der Waals surface area contributed by atoms with Gasteiger partial charge in [-0.25, -0.2) is 4.98 Å². The molecule has 0 bridgehead atoms. The molecule has 54 heavy (non-hydrogen) atoms. The molecule has 0 aliphatic rings. The molecule has 5 unspecified atom stereocenters. The van der Waals surface area contributed by atoms with Crippen LogP contribution in [-0.2, 0) is 22.9 Å². The van der Waals surface area contributed by atoms with Crippen molar-refractivity contribution < 1.29 is 28.0 Å². The van der Waals surface area contributed by atoms with Crippen molar-refractivity contribution in [3.05, 3.63) is 40.4 Å². The van der Waals surface area contributed by atoms with Crippen molar-refractivity contribution in [3.63, 3.8) is 0 Å². The van der Waals surface area contributed by atoms with Gasteiger partial charge in [0.05, 0.1) is 40.5 Å². The van der Waals surface area contributed by atoms with Crippen molar-refractivity contribution in [1.29, 1.82) is 0 Å². The lowest BCUT2D eigenvalue weighted by atomic mass is 9.72. The van der Waals surface area contributed by atoms with E-state index >= 15 is 0 Å². The summed E-state index contributed by atoms with van der Waals surface area (Å²) in [7, 11) is -6.74. The fourth-order valence-corrected chi connectivity index (χ4v) is 10.8. The number of nitrogens with zero attached hydrogens (tertiary/aromatic N) is 1. The Morgan fingerprint density at radius 2 is 1.35 bits per heavy atom. The predicted molar refractivity (Wildman–Crippen MR) is 238 cm³/mol. The van der Waals surface area contributed by atoms with E-state index in [9.17, 15) is 14.7 Å². The summed E-state index contributed by atoms with van der Waals surface area (Å²) in [4.78, 5) is 32.8. The quantitative estimate of drug-likeness (QED) is 0.0974. The van der Waals surface area contributed by atoms with Crippen molar-refractivity contribution in [3.8, 4) is 0 Å². The Bertz CT molecular complexity index is 1430. The number of ketones is 1. The molecule has 0 saturated carbocycles. The normalized spacial score (nSPS) is 17.1. The van der Waals surface area contributed by atoms with E-state index in [-0.39, 0.29) is 39.3 Å². The molecule has 1 aromatic heterocycles. The molecule has 312 valence electrons. The van der Waals surface area contributed by atoms with Crippen LogP contribution in [0.3, 0.4) is 0 Å². The first kappa shape index (κ1) is 50.8. The van der Waals surface area contributed by atoms with Crippen molar-refractivity contribution in [2.45, 2.75) is 202 Å². The summed E-state index contributed by atoms with van der Waals surface area (Å²) < 4.78 is 20.9. The largest absolute Gasteiger partial charge is 0.481 e. The summed E-state index contributed by atoms with van der Waals surface area (Å²) in [5, 5.41) is 10.9. The Balaban J connectivity index is 3.40. The lowest BCUT2D eigenvalue weighted by molar-refractivity contribution is -0.145. The second-order valence-corrected chi connectivity index (χ2v) is 36.5. The standard InChI is InChI=1S/C43H81NO6SSi3/c1-22-33(39(47)43(14,15)36(28-37(45)46)49-53(18,19)41(8,9)10)38(50-54(20,21)42(11,12)13)31(3)25-23-24-30(2)26-27-34(35-29-44-32(4)51-35)48-52(16,17)40(5,6)7/h22,26,29,31,33-34,36,38H,1,23-25,27-28H2,2-21H3,(H,45,46)/b30-26+. The van der Waals surface area contributed by atoms with Gasteiger partial charge in [0.2, 0.25) is 0 Å². The second kappa shape index (κ2) is 19.0. The molecule has 1 heterocycles. The summed E-state index contributed by atoms with van der Waals surface area (Å²) in [5.41, 5.74) is 0.242. The predicted octanol–water partition coefficient (Wildman–Crippen LogP) is 13.3. The second-order valence-electron chi connectivity index (χ2n) is 21.0. The minimum atomic E-state index is -2.41. The van der Waals surface area contributed by atoms with Crippen LogP contribution in [0.1, 0.15) is 138 Å². The summed E-state index contributed by atoms with van der Waals surface area (Å²) in [6.07, 6.45) is 8.21. The number of aliphatic carboxylic acids is 1. The Kier molecular flexibility index (Phi) is 17.9. The highest BCUT2D eigenvalue weighted by Gasteiger charge is 2.50. The van der Waals surface area contributed by atoms with E-state index in [1.165, 1.54) is 10.5 Å². The highest BCUT2D eigenvalue weighted by Crippen LogP contribution is 2.45. The highest BCUT2D eigenvalue weighted by molar-refractivity contribution is 7.11. The highest BCUT2D eigenvalue weighted by atomic mass is 32.1. The maximum absolute atomic E-state index is 14.8. The first-order valence-electron chi connectivity index (χ1n) is 20.1. The van der Waals surface area contributed by atoms with Gasteiger partial charge in [0.15, 0.2) is 25.0 Å². The molecule has 11 heteroatoms. The van der Waals surface area contributed by atoms with Crippen LogP contribution in [0.2, 0.25) is 54.4 Å². The number of carbonyl (C=O) groups excluding carboxylic acids is 1. The third-order valence-electron chi connectivity index (χ3n) is 12.9. The van der Waals surface area contributed by atoms with Gasteiger partial charge in [0, 0.05) is 11.6 Å². The molecule has 0 fully saturated rings. The molecule has 1 aromatic rings. The van der Waals surface area contributed by atoms with E-state index in [1.807, 2.05) is 27.0 Å². The Morgan fingerprint density at radius 3 is 1.78 bits per heavy atom. The lowest BCUT2D eigenvalue weighted by Gasteiger charge is -2.46. The van der Waals surface area contributed by atoms with E-state index < -0.39 is 54.5 Å². The Morgan fingerprint density at radius 1 is 0.870 bits per heavy atom. The topological polar surface area (TPSA) is 95.0 Å². The van der Waals surface area contributed by atoms with Crippen LogP contribution in [0.4, 0.5) is 0 Å². The number of hydrogen-bond donors (Lipinski definition) is 1. The summed E-state index contributed by atoms with van der Waals surface area (Å²) >= 11 is 1.72. The maximum atomic E-state index is 14.8. The van der Waals surface area contributed by atoms with Crippen LogP contribution in [0, 0.1) is 24.2 Å². The SMILES string of the molecule is C=CC(C(=O)C(C)(C)C(CC(=O)O)O[Si](C)(C)C(C)(C)C)C(O[Si](C)(C)C(C)(C)C)C(C)CCC/C(C)=C/CC(O[Si](C)(C)C(C)(C)C)c1cnc(C)s1. The molecule has 0 aliphatic heterocycles. The number of aryl methyl sites for hydroxylation is 1. The van der Waals surface area contributed by atoms with Crippen molar-refractivity contribution in [2.75, 3.05) is 0 Å². The number of aromatic nitrogens is 1. The zero-order chi connectivity index (χ0) is 42.5. The van der Waals surface area contributed by atoms with Gasteiger partial charge in [0.25, 0.3) is 0 Å². The Labute approximate surface area is 338 Å². The third kappa shape index (κ3) is 14.0. The zero-order valence-electron chi connectivity index (χ0n) is 38.2. The number of carbonyl (C=O) groups is 2. The number of allylic oxidation sites excluding steroid dienone is 1.